The molecule has 1 aliphatic heterocycles. The van der Waals surface area contributed by atoms with E-state index in [9.17, 15) is 4.79 Å². The second kappa shape index (κ2) is 5.95. The Bertz CT molecular complexity index is 631. The molecule has 108 valence electrons. The van der Waals surface area contributed by atoms with E-state index in [0.717, 1.165) is 37.4 Å². The molecule has 2 heterocycles. The maximum Gasteiger partial charge on any atom is 0.259 e. The van der Waals surface area contributed by atoms with E-state index >= 15 is 0 Å². The van der Waals surface area contributed by atoms with Crippen LogP contribution in [0.1, 0.15) is 28.8 Å². The maximum atomic E-state index is 12.5. The summed E-state index contributed by atoms with van der Waals surface area (Å²) >= 11 is 0. The molecule has 0 bridgehead atoms. The Kier molecular flexibility index (Phi) is 3.86. The quantitative estimate of drug-likeness (QED) is 0.939. The van der Waals surface area contributed by atoms with Crippen molar-refractivity contribution in [2.24, 2.45) is 0 Å². The van der Waals surface area contributed by atoms with Crippen molar-refractivity contribution < 1.29 is 4.79 Å². The number of aromatic nitrogens is 1. The van der Waals surface area contributed by atoms with Gasteiger partial charge in [0.2, 0.25) is 0 Å². The Morgan fingerprint density at radius 1 is 1.14 bits per heavy atom. The van der Waals surface area contributed by atoms with Gasteiger partial charge in [-0.15, -0.1) is 0 Å². The molecule has 2 aromatic rings. The number of carbonyl (C=O) groups excluding carboxylic acids is 1. The van der Waals surface area contributed by atoms with Crippen LogP contribution >= 0.6 is 0 Å². The molecule has 1 fully saturated rings. The Morgan fingerprint density at radius 2 is 1.86 bits per heavy atom. The molecule has 0 spiro atoms. The van der Waals surface area contributed by atoms with E-state index in [0.29, 0.717) is 5.56 Å². The normalized spacial score (nSPS) is 14.2. The second-order valence-electron chi connectivity index (χ2n) is 5.39. The average Bonchev–Trinajstić information content (AvgIpc) is 3.04. The van der Waals surface area contributed by atoms with Gasteiger partial charge in [-0.3, -0.25) is 4.79 Å². The number of carbonyl (C=O) groups is 1. The van der Waals surface area contributed by atoms with E-state index in [1.807, 2.05) is 43.3 Å². The third-order valence-corrected chi connectivity index (χ3v) is 3.75. The number of amides is 1. The van der Waals surface area contributed by atoms with Crippen molar-refractivity contribution in [1.29, 1.82) is 0 Å². The SMILES string of the molecule is Cc1ccc(NC(=O)c2cccnc2N2CCCC2)cc1. The minimum absolute atomic E-state index is 0.103. The molecule has 1 aliphatic rings. The van der Waals surface area contributed by atoms with Crippen molar-refractivity contribution in [2.75, 3.05) is 23.3 Å². The van der Waals surface area contributed by atoms with Crippen LogP contribution in [0.4, 0.5) is 11.5 Å². The molecule has 0 atom stereocenters. The van der Waals surface area contributed by atoms with Crippen molar-refractivity contribution >= 4 is 17.4 Å². The van der Waals surface area contributed by atoms with Crippen molar-refractivity contribution in [3.05, 3.63) is 53.7 Å². The third-order valence-electron chi connectivity index (χ3n) is 3.75. The lowest BCUT2D eigenvalue weighted by molar-refractivity contribution is 0.102. The number of nitrogens with zero attached hydrogens (tertiary/aromatic N) is 2. The van der Waals surface area contributed by atoms with Crippen LogP contribution in [0, 0.1) is 6.92 Å². The van der Waals surface area contributed by atoms with Crippen molar-refractivity contribution in [3.63, 3.8) is 0 Å². The minimum atomic E-state index is -0.103. The van der Waals surface area contributed by atoms with Gasteiger partial charge in [0, 0.05) is 25.0 Å². The van der Waals surface area contributed by atoms with Crippen molar-refractivity contribution in [1.82, 2.24) is 4.98 Å². The van der Waals surface area contributed by atoms with Gasteiger partial charge >= 0.3 is 0 Å². The van der Waals surface area contributed by atoms with Crippen LogP contribution in [0.15, 0.2) is 42.6 Å². The molecule has 1 aromatic heterocycles. The highest BCUT2D eigenvalue weighted by atomic mass is 16.1. The molecular formula is C17H19N3O. The van der Waals surface area contributed by atoms with Gasteiger partial charge in [0.15, 0.2) is 0 Å². The first-order chi connectivity index (χ1) is 10.2. The van der Waals surface area contributed by atoms with Crippen molar-refractivity contribution in [2.45, 2.75) is 19.8 Å². The molecule has 1 amide bonds. The summed E-state index contributed by atoms with van der Waals surface area (Å²) < 4.78 is 0. The lowest BCUT2D eigenvalue weighted by Gasteiger charge is -2.19. The van der Waals surface area contributed by atoms with Gasteiger partial charge in [-0.1, -0.05) is 17.7 Å². The van der Waals surface area contributed by atoms with Crippen LogP contribution in [0.5, 0.6) is 0 Å². The van der Waals surface area contributed by atoms with Gasteiger partial charge in [-0.05, 0) is 44.0 Å². The van der Waals surface area contributed by atoms with Gasteiger partial charge in [0.05, 0.1) is 5.56 Å². The molecule has 3 rings (SSSR count). The first-order valence-electron chi connectivity index (χ1n) is 7.32. The zero-order chi connectivity index (χ0) is 14.7. The molecule has 1 saturated heterocycles. The summed E-state index contributed by atoms with van der Waals surface area (Å²) in [5.41, 5.74) is 2.62. The molecule has 4 heteroatoms. The molecule has 1 aromatic carbocycles. The Morgan fingerprint density at radius 3 is 2.57 bits per heavy atom. The molecule has 0 aliphatic carbocycles. The number of benzene rings is 1. The fourth-order valence-corrected chi connectivity index (χ4v) is 2.59. The smallest absolute Gasteiger partial charge is 0.259 e. The van der Waals surface area contributed by atoms with Crippen LogP contribution in [0.3, 0.4) is 0 Å². The molecule has 4 nitrogen and oxygen atoms in total. The van der Waals surface area contributed by atoms with Crippen LogP contribution in [0.25, 0.3) is 0 Å². The van der Waals surface area contributed by atoms with Gasteiger partial charge in [-0.2, -0.15) is 0 Å². The number of anilines is 2. The number of nitrogens with one attached hydrogen (secondary N) is 1. The molecule has 0 unspecified atom stereocenters. The van der Waals surface area contributed by atoms with Gasteiger partial charge in [0.1, 0.15) is 5.82 Å². The van der Waals surface area contributed by atoms with E-state index < -0.39 is 0 Å². The average molecular weight is 281 g/mol. The molecule has 0 saturated carbocycles. The topological polar surface area (TPSA) is 45.2 Å². The Hall–Kier alpha value is -2.36. The van der Waals surface area contributed by atoms with Crippen LogP contribution < -0.4 is 10.2 Å². The summed E-state index contributed by atoms with van der Waals surface area (Å²) in [6.07, 6.45) is 4.07. The van der Waals surface area contributed by atoms with Gasteiger partial charge in [-0.25, -0.2) is 4.98 Å². The summed E-state index contributed by atoms with van der Waals surface area (Å²) in [6.45, 7) is 3.97. The largest absolute Gasteiger partial charge is 0.356 e. The highest BCUT2D eigenvalue weighted by molar-refractivity contribution is 6.07. The summed E-state index contributed by atoms with van der Waals surface area (Å²) in [7, 11) is 0. The van der Waals surface area contributed by atoms with Gasteiger partial charge < -0.3 is 10.2 Å². The zero-order valence-corrected chi connectivity index (χ0v) is 12.2. The Labute approximate surface area is 124 Å². The first-order valence-corrected chi connectivity index (χ1v) is 7.32. The predicted octanol–water partition coefficient (Wildman–Crippen LogP) is 3.24. The van der Waals surface area contributed by atoms with E-state index in [1.54, 1.807) is 6.20 Å². The number of rotatable bonds is 3. The number of hydrogen-bond acceptors (Lipinski definition) is 3. The second-order valence-corrected chi connectivity index (χ2v) is 5.39. The fourth-order valence-electron chi connectivity index (χ4n) is 2.59. The minimum Gasteiger partial charge on any atom is -0.356 e. The van der Waals surface area contributed by atoms with E-state index in [2.05, 4.69) is 15.2 Å². The highest BCUT2D eigenvalue weighted by Gasteiger charge is 2.20. The lowest BCUT2D eigenvalue weighted by atomic mass is 10.2. The van der Waals surface area contributed by atoms with Gasteiger partial charge in [0.25, 0.3) is 5.91 Å². The zero-order valence-electron chi connectivity index (χ0n) is 12.2. The standard InChI is InChI=1S/C17H19N3O/c1-13-6-8-14(9-7-13)19-17(21)15-5-4-10-18-16(15)20-11-2-3-12-20/h4-10H,2-3,11-12H2,1H3,(H,19,21). The predicted molar refractivity (Wildman–Crippen MR) is 84.8 cm³/mol. The molecule has 21 heavy (non-hydrogen) atoms. The first kappa shape index (κ1) is 13.6. The van der Waals surface area contributed by atoms with E-state index in [-0.39, 0.29) is 5.91 Å². The number of pyridine rings is 1. The Balaban J connectivity index is 1.82. The van der Waals surface area contributed by atoms with Crippen LogP contribution in [-0.2, 0) is 0 Å². The molecule has 0 radical (unpaired) electrons. The summed E-state index contributed by atoms with van der Waals surface area (Å²) in [6, 6.07) is 11.5. The van der Waals surface area contributed by atoms with E-state index in [4.69, 9.17) is 0 Å². The highest BCUT2D eigenvalue weighted by Crippen LogP contribution is 2.23. The van der Waals surface area contributed by atoms with E-state index in [1.165, 1.54) is 5.56 Å². The maximum absolute atomic E-state index is 12.5. The number of hydrogen-bond donors (Lipinski definition) is 1. The third kappa shape index (κ3) is 3.05. The molecule has 1 N–H and O–H groups in total. The number of aryl methyl sites for hydroxylation is 1. The molecular weight excluding hydrogens is 262 g/mol. The monoisotopic (exact) mass is 281 g/mol. The summed E-state index contributed by atoms with van der Waals surface area (Å²) in [4.78, 5) is 19.1. The summed E-state index contributed by atoms with van der Waals surface area (Å²) in [5, 5.41) is 2.94. The lowest BCUT2D eigenvalue weighted by Crippen LogP contribution is -2.24. The van der Waals surface area contributed by atoms with Crippen LogP contribution in [0.2, 0.25) is 0 Å². The van der Waals surface area contributed by atoms with Crippen LogP contribution in [-0.4, -0.2) is 24.0 Å². The fraction of sp³-hybridized carbons (Fsp3) is 0.294. The van der Waals surface area contributed by atoms with Crippen molar-refractivity contribution in [3.8, 4) is 0 Å². The summed E-state index contributed by atoms with van der Waals surface area (Å²) in [5.74, 6) is 0.688.